The number of fused-ring (bicyclic) bond motifs is 14. The molecular weight excluding hydrogens is 879 g/mol. The van der Waals surface area contributed by atoms with Gasteiger partial charge in [-0.3, -0.25) is 0 Å². The van der Waals surface area contributed by atoms with Crippen LogP contribution in [0.2, 0.25) is 0 Å². The topological polar surface area (TPSA) is 0 Å². The molecule has 1 heteroatoms. The molecule has 0 bridgehead atoms. The lowest BCUT2D eigenvalue weighted by atomic mass is 9.76. The van der Waals surface area contributed by atoms with Crippen LogP contribution in [-0.2, 0) is 47.8 Å². The summed E-state index contributed by atoms with van der Waals surface area (Å²) in [6, 6.07) is 66.9. The number of benzene rings is 10. The van der Waals surface area contributed by atoms with Gasteiger partial charge in [0.2, 0.25) is 0 Å². The van der Waals surface area contributed by atoms with E-state index in [4.69, 9.17) is 0 Å². The van der Waals surface area contributed by atoms with E-state index in [1.165, 1.54) is 132 Å². The van der Waals surface area contributed by atoms with Gasteiger partial charge in [0, 0.05) is 33.4 Å². The number of hydrogen-bond donors (Lipinski definition) is 0. The second kappa shape index (κ2) is 16.6. The molecule has 2 aliphatic heterocycles. The summed E-state index contributed by atoms with van der Waals surface area (Å²) >= 11 is 0. The SMILES string of the molecule is CC(C)(C)c1cc(-c2cc3ccccc3c3c2C[N+]2(Cc4ccc5ccccc5c4-c4c(ccc5ccccc45)C2)Cc2c(-c4cc(C(C)(C)C)cc(C(C)(C)C)c4)cc4ccccc4c2-3)cc(C(C)(C)C)c1. The Labute approximate surface area is 435 Å². The highest BCUT2D eigenvalue weighted by Gasteiger charge is 2.42. The quantitative estimate of drug-likeness (QED) is 0.152. The van der Waals surface area contributed by atoms with Gasteiger partial charge in [0.25, 0.3) is 0 Å². The van der Waals surface area contributed by atoms with E-state index in [9.17, 15) is 0 Å². The zero-order valence-electron chi connectivity index (χ0n) is 45.4. The Hall–Kier alpha value is -6.80. The van der Waals surface area contributed by atoms with Crippen molar-refractivity contribution in [1.82, 2.24) is 0 Å². The van der Waals surface area contributed by atoms with Crippen LogP contribution in [0.15, 0.2) is 170 Å². The first-order valence-electron chi connectivity index (χ1n) is 26.9. The summed E-state index contributed by atoms with van der Waals surface area (Å²) in [7, 11) is 0. The Kier molecular flexibility index (Phi) is 10.7. The van der Waals surface area contributed by atoms with Crippen molar-refractivity contribution >= 4 is 43.1 Å². The summed E-state index contributed by atoms with van der Waals surface area (Å²) in [4.78, 5) is 0. The summed E-state index contributed by atoms with van der Waals surface area (Å²) in [6.07, 6.45) is 0. The average molecular weight is 951 g/mol. The van der Waals surface area contributed by atoms with Crippen LogP contribution in [0.25, 0.3) is 87.6 Å². The first kappa shape index (κ1) is 47.2. The van der Waals surface area contributed by atoms with E-state index in [0.29, 0.717) is 0 Å². The summed E-state index contributed by atoms with van der Waals surface area (Å²) < 4.78 is 0.851. The average Bonchev–Trinajstić information content (AvgIpc) is 3.59. The van der Waals surface area contributed by atoms with E-state index in [-0.39, 0.29) is 21.7 Å². The van der Waals surface area contributed by atoms with Crippen molar-refractivity contribution in [3.63, 3.8) is 0 Å². The molecule has 0 unspecified atom stereocenters. The van der Waals surface area contributed by atoms with Crippen molar-refractivity contribution in [3.8, 4) is 44.5 Å². The highest BCUT2D eigenvalue weighted by molar-refractivity contribution is 6.12. The van der Waals surface area contributed by atoms with Crippen molar-refractivity contribution < 1.29 is 4.48 Å². The fourth-order valence-electron chi connectivity index (χ4n) is 12.7. The number of nitrogens with zero attached hydrogens (tertiary/aromatic N) is 1. The predicted octanol–water partition coefficient (Wildman–Crippen LogP) is 19.7. The zero-order valence-corrected chi connectivity index (χ0v) is 45.4. The van der Waals surface area contributed by atoms with Crippen LogP contribution in [-0.4, -0.2) is 4.48 Å². The Balaban J connectivity index is 1.27. The molecular formula is C72H72N+. The lowest BCUT2D eigenvalue weighted by Gasteiger charge is -2.39. The van der Waals surface area contributed by atoms with E-state index in [0.717, 1.165) is 30.7 Å². The molecule has 0 aliphatic carbocycles. The maximum absolute atomic E-state index is 2.57. The van der Waals surface area contributed by atoms with Crippen LogP contribution in [0, 0.1) is 0 Å². The summed E-state index contributed by atoms with van der Waals surface area (Å²) in [5.74, 6) is 0. The lowest BCUT2D eigenvalue weighted by Crippen LogP contribution is -2.44. The van der Waals surface area contributed by atoms with Gasteiger partial charge in [0.15, 0.2) is 0 Å². The van der Waals surface area contributed by atoms with Crippen molar-refractivity contribution in [2.75, 3.05) is 0 Å². The number of quaternary nitrogens is 1. The molecule has 10 aromatic carbocycles. The first-order valence-corrected chi connectivity index (χ1v) is 26.9. The molecule has 1 spiro atoms. The van der Waals surface area contributed by atoms with Crippen LogP contribution >= 0.6 is 0 Å². The van der Waals surface area contributed by atoms with E-state index < -0.39 is 0 Å². The molecule has 12 rings (SSSR count). The van der Waals surface area contributed by atoms with Gasteiger partial charge >= 0.3 is 0 Å². The minimum absolute atomic E-state index is 0.0352. The maximum atomic E-state index is 2.57. The molecule has 0 N–H and O–H groups in total. The highest BCUT2D eigenvalue weighted by Crippen LogP contribution is 2.54. The molecule has 2 heterocycles. The third-order valence-corrected chi connectivity index (χ3v) is 16.8. The standard InChI is InChI=1S/C72H72N/c1-69(2,3)53-33-51(34-54(39-53)70(4,5)6)61-37-47-23-15-19-27-59(47)67-63(61)43-73(41-49-31-29-45-21-13-17-25-57(45)65(49)66-50(42-73)32-30-46-22-14-18-26-58(46)66)44-64-62(38-48-24-16-20-28-60(48)68(64)67)52-35-55(71(7,8)9)40-56(36-52)72(10,11)12/h13-40H,41-44H2,1-12H3/q+1. The summed E-state index contributed by atoms with van der Waals surface area (Å²) in [5, 5.41) is 10.5. The molecule has 0 amide bonds. The molecule has 364 valence electrons. The summed E-state index contributed by atoms with van der Waals surface area (Å²) in [6.45, 7) is 32.1. The van der Waals surface area contributed by atoms with Crippen LogP contribution < -0.4 is 0 Å². The molecule has 2 aliphatic rings. The van der Waals surface area contributed by atoms with Gasteiger partial charge in [-0.05, 0) is 133 Å². The van der Waals surface area contributed by atoms with Crippen LogP contribution in [0.1, 0.15) is 128 Å². The summed E-state index contributed by atoms with van der Waals surface area (Å²) in [5.41, 5.74) is 22.1. The van der Waals surface area contributed by atoms with Crippen molar-refractivity contribution in [2.24, 2.45) is 0 Å². The second-order valence-corrected chi connectivity index (χ2v) is 26.2. The van der Waals surface area contributed by atoms with Crippen LogP contribution in [0.5, 0.6) is 0 Å². The molecule has 0 fully saturated rings. The minimum atomic E-state index is -0.0352. The molecule has 0 saturated heterocycles. The van der Waals surface area contributed by atoms with Gasteiger partial charge in [-0.15, -0.1) is 0 Å². The van der Waals surface area contributed by atoms with Crippen molar-refractivity contribution in [3.05, 3.63) is 214 Å². The van der Waals surface area contributed by atoms with E-state index in [1.807, 2.05) is 0 Å². The number of rotatable bonds is 2. The molecule has 73 heavy (non-hydrogen) atoms. The number of hydrogen-bond acceptors (Lipinski definition) is 0. The normalized spacial score (nSPS) is 14.7. The largest absolute Gasteiger partial charge is 0.309 e. The fraction of sp³-hybridized carbons (Fsp3) is 0.278. The zero-order chi connectivity index (χ0) is 51.0. The van der Waals surface area contributed by atoms with Gasteiger partial charge in [-0.2, -0.15) is 0 Å². The lowest BCUT2D eigenvalue weighted by molar-refractivity contribution is -0.977. The van der Waals surface area contributed by atoms with Gasteiger partial charge < -0.3 is 4.48 Å². The molecule has 0 atom stereocenters. The molecule has 10 aromatic rings. The van der Waals surface area contributed by atoms with Crippen LogP contribution in [0.4, 0.5) is 0 Å². The third kappa shape index (κ3) is 8.11. The van der Waals surface area contributed by atoms with Gasteiger partial charge in [0.05, 0.1) is 0 Å². The van der Waals surface area contributed by atoms with E-state index in [1.54, 1.807) is 0 Å². The van der Waals surface area contributed by atoms with E-state index in [2.05, 4.69) is 253 Å². The maximum Gasteiger partial charge on any atom is 0.106 e. The monoisotopic (exact) mass is 951 g/mol. The van der Waals surface area contributed by atoms with Gasteiger partial charge in [-0.25, -0.2) is 0 Å². The molecule has 0 saturated carbocycles. The molecule has 0 radical (unpaired) electrons. The Bertz CT molecular complexity index is 3570. The van der Waals surface area contributed by atoms with E-state index >= 15 is 0 Å². The first-order chi connectivity index (χ1) is 34.6. The smallest absolute Gasteiger partial charge is 0.106 e. The Morgan fingerprint density at radius 2 is 0.589 bits per heavy atom. The minimum Gasteiger partial charge on any atom is -0.309 e. The molecule has 1 nitrogen and oxygen atoms in total. The highest BCUT2D eigenvalue weighted by atomic mass is 15.4. The predicted molar refractivity (Wildman–Crippen MR) is 315 cm³/mol. The second-order valence-electron chi connectivity index (χ2n) is 26.2. The third-order valence-electron chi connectivity index (χ3n) is 16.8. The van der Waals surface area contributed by atoms with Crippen molar-refractivity contribution in [1.29, 1.82) is 0 Å². The van der Waals surface area contributed by atoms with Crippen LogP contribution in [0.3, 0.4) is 0 Å². The van der Waals surface area contributed by atoms with Crippen molar-refractivity contribution in [2.45, 2.75) is 131 Å². The molecule has 0 aromatic heterocycles. The van der Waals surface area contributed by atoms with Gasteiger partial charge in [0.1, 0.15) is 26.2 Å². The van der Waals surface area contributed by atoms with Gasteiger partial charge in [-0.1, -0.05) is 241 Å². The fourth-order valence-corrected chi connectivity index (χ4v) is 12.7. The Morgan fingerprint density at radius 1 is 0.288 bits per heavy atom. The Morgan fingerprint density at radius 3 is 0.918 bits per heavy atom.